The van der Waals surface area contributed by atoms with Crippen LogP contribution in [0.1, 0.15) is 12.8 Å². The molecule has 0 saturated carbocycles. The van der Waals surface area contributed by atoms with Gasteiger partial charge < -0.3 is 23.7 Å². The number of hydrogen-bond acceptors (Lipinski definition) is 6. The molecule has 0 spiro atoms. The predicted molar refractivity (Wildman–Crippen MR) is 164 cm³/mol. The second-order valence-corrected chi connectivity index (χ2v) is 24.1. The largest absolute Gasteiger partial charge is 0.450 e. The second kappa shape index (κ2) is 12.3. The van der Waals surface area contributed by atoms with Gasteiger partial charge in [-0.3, -0.25) is 0 Å². The van der Waals surface area contributed by atoms with Crippen LogP contribution in [0.5, 0.6) is 5.88 Å². The zero-order valence-corrected chi connectivity index (χ0v) is 26.3. The van der Waals surface area contributed by atoms with Crippen molar-refractivity contribution in [1.82, 2.24) is 14.5 Å². The summed E-state index contributed by atoms with van der Waals surface area (Å²) in [6, 6.07) is 8.92. The van der Waals surface area contributed by atoms with Crippen molar-refractivity contribution in [3.63, 3.8) is 0 Å². The van der Waals surface area contributed by atoms with E-state index in [1.807, 2.05) is 0 Å². The van der Waals surface area contributed by atoms with Gasteiger partial charge >= 0.3 is 0 Å². The second-order valence-electron chi connectivity index (χ2n) is 12.9. The number of anilines is 1. The first-order valence-electron chi connectivity index (χ1n) is 14.0. The molecule has 0 atom stereocenters. The van der Waals surface area contributed by atoms with Gasteiger partial charge in [-0.15, -0.1) is 6.58 Å². The van der Waals surface area contributed by atoms with Crippen LogP contribution >= 0.6 is 0 Å². The summed E-state index contributed by atoms with van der Waals surface area (Å²) in [6.45, 7) is 22.4. The molecule has 1 aromatic carbocycles. The molecule has 1 aliphatic rings. The third-order valence-electron chi connectivity index (χ3n) is 7.32. The van der Waals surface area contributed by atoms with E-state index in [9.17, 15) is 0 Å². The molecule has 1 fully saturated rings. The molecule has 0 unspecified atom stereocenters. The summed E-state index contributed by atoms with van der Waals surface area (Å²) in [6.07, 6.45) is 5.97. The molecular weight excluding hydrogens is 509 g/mol. The highest BCUT2D eigenvalue weighted by molar-refractivity contribution is 6.76. The van der Waals surface area contributed by atoms with Crippen LogP contribution in [0.2, 0.25) is 51.4 Å². The molecule has 9 heteroatoms. The zero-order chi connectivity index (χ0) is 27.3. The summed E-state index contributed by atoms with van der Waals surface area (Å²) in [5.41, 5.74) is 3.17. The molecule has 2 aromatic heterocycles. The number of rotatable bonds is 13. The van der Waals surface area contributed by atoms with Crippen molar-refractivity contribution < 1.29 is 14.2 Å². The Bertz CT molecular complexity index is 1220. The van der Waals surface area contributed by atoms with Crippen LogP contribution in [0, 0.1) is 5.92 Å². The highest BCUT2D eigenvalue weighted by Crippen LogP contribution is 2.36. The third kappa shape index (κ3) is 7.46. The number of fused-ring (bicyclic) bond motifs is 3. The first-order valence-corrected chi connectivity index (χ1v) is 21.4. The Balaban J connectivity index is 1.62. The monoisotopic (exact) mass is 554 g/mol. The molecule has 3 aromatic rings. The van der Waals surface area contributed by atoms with Gasteiger partial charge in [-0.1, -0.05) is 45.4 Å². The van der Waals surface area contributed by atoms with Crippen molar-refractivity contribution in [3.8, 4) is 5.88 Å². The average Bonchev–Trinajstić information content (AvgIpc) is 3.18. The SMILES string of the molecule is C=CC1CCN(c2ccc3c4c(OCOCC[Si](C)(C)C)ncnc4n(COCC[Si](C)(C)C)c3c2)CC1. The van der Waals surface area contributed by atoms with E-state index in [1.165, 1.54) is 5.69 Å². The maximum Gasteiger partial charge on any atom is 0.228 e. The Kier molecular flexibility index (Phi) is 9.33. The van der Waals surface area contributed by atoms with Crippen LogP contribution in [0.15, 0.2) is 37.2 Å². The maximum atomic E-state index is 6.22. The molecule has 0 radical (unpaired) electrons. The van der Waals surface area contributed by atoms with Gasteiger partial charge in [0.15, 0.2) is 6.79 Å². The first kappa shape index (κ1) is 28.8. The van der Waals surface area contributed by atoms with E-state index in [2.05, 4.69) is 89.6 Å². The van der Waals surface area contributed by atoms with E-state index in [0.717, 1.165) is 66.6 Å². The number of piperidine rings is 1. The van der Waals surface area contributed by atoms with Gasteiger partial charge in [0, 0.05) is 53.5 Å². The smallest absolute Gasteiger partial charge is 0.228 e. The van der Waals surface area contributed by atoms with Crippen LogP contribution in [0.4, 0.5) is 5.69 Å². The van der Waals surface area contributed by atoms with Crippen molar-refractivity contribution >= 4 is 43.8 Å². The summed E-state index contributed by atoms with van der Waals surface area (Å²) < 4.78 is 20.3. The number of allylic oxidation sites excluding steroid dienone is 1. The number of benzene rings is 1. The molecule has 1 aliphatic heterocycles. The molecule has 38 heavy (non-hydrogen) atoms. The predicted octanol–water partition coefficient (Wildman–Crippen LogP) is 6.99. The van der Waals surface area contributed by atoms with Crippen LogP contribution in [-0.2, 0) is 16.2 Å². The zero-order valence-electron chi connectivity index (χ0n) is 24.3. The lowest BCUT2D eigenvalue weighted by atomic mass is 9.96. The first-order chi connectivity index (χ1) is 18.1. The maximum absolute atomic E-state index is 6.22. The van der Waals surface area contributed by atoms with Crippen molar-refractivity contribution in [1.29, 1.82) is 0 Å². The average molecular weight is 555 g/mol. The molecule has 7 nitrogen and oxygen atoms in total. The minimum atomic E-state index is -1.17. The normalized spacial score (nSPS) is 15.5. The van der Waals surface area contributed by atoms with Gasteiger partial charge in [-0.25, -0.2) is 9.97 Å². The third-order valence-corrected chi connectivity index (χ3v) is 10.7. The van der Waals surface area contributed by atoms with E-state index < -0.39 is 16.1 Å². The van der Waals surface area contributed by atoms with Crippen molar-refractivity contribution in [3.05, 3.63) is 37.2 Å². The fourth-order valence-corrected chi connectivity index (χ4v) is 6.28. The van der Waals surface area contributed by atoms with Crippen LogP contribution in [0.25, 0.3) is 21.9 Å². The highest BCUT2D eigenvalue weighted by atomic mass is 28.3. The summed E-state index contributed by atoms with van der Waals surface area (Å²) >= 11 is 0. The van der Waals surface area contributed by atoms with Crippen LogP contribution in [-0.4, -0.2) is 63.8 Å². The van der Waals surface area contributed by atoms with Crippen molar-refractivity contribution in [2.24, 2.45) is 5.92 Å². The topological polar surface area (TPSA) is 61.6 Å². The summed E-state index contributed by atoms with van der Waals surface area (Å²) in [5, 5.41) is 2.00. The Morgan fingerprint density at radius 1 is 0.974 bits per heavy atom. The molecule has 4 rings (SSSR count). The Morgan fingerprint density at radius 3 is 2.32 bits per heavy atom. The summed E-state index contributed by atoms with van der Waals surface area (Å²) in [7, 11) is -2.32. The lowest BCUT2D eigenvalue weighted by Crippen LogP contribution is -2.32. The molecule has 208 valence electrons. The van der Waals surface area contributed by atoms with Gasteiger partial charge in [-0.2, -0.15) is 0 Å². The van der Waals surface area contributed by atoms with Gasteiger partial charge in [0.2, 0.25) is 5.88 Å². The van der Waals surface area contributed by atoms with Gasteiger partial charge in [0.05, 0.1) is 10.9 Å². The fourth-order valence-electron chi connectivity index (χ4n) is 4.77. The molecule has 1 saturated heterocycles. The fraction of sp³-hybridized carbons (Fsp3) is 0.586. The van der Waals surface area contributed by atoms with E-state index in [0.29, 0.717) is 25.1 Å². The minimum Gasteiger partial charge on any atom is -0.450 e. The molecule has 0 N–H and O–H groups in total. The van der Waals surface area contributed by atoms with Crippen molar-refractivity contribution in [2.75, 3.05) is 38.0 Å². The summed E-state index contributed by atoms with van der Waals surface area (Å²) in [4.78, 5) is 11.7. The van der Waals surface area contributed by atoms with Crippen LogP contribution in [0.3, 0.4) is 0 Å². The highest BCUT2D eigenvalue weighted by Gasteiger charge is 2.22. The van der Waals surface area contributed by atoms with E-state index in [4.69, 9.17) is 14.2 Å². The van der Waals surface area contributed by atoms with Gasteiger partial charge in [-0.05, 0) is 49.0 Å². The van der Waals surface area contributed by atoms with Crippen molar-refractivity contribution in [2.45, 2.75) is 70.9 Å². The number of ether oxygens (including phenoxy) is 3. The standard InChI is InChI=1S/C29H46N4O3Si2/c1-8-23-11-13-32(14-12-23)24-9-10-25-26(19-24)33(21-34-15-17-37(2,3)4)28-27(25)29(31-20-30-28)36-22-35-16-18-38(5,6)7/h8-10,19-20,23H,1,11-18,21-22H2,2-7H3. The van der Waals surface area contributed by atoms with Gasteiger partial charge in [0.25, 0.3) is 0 Å². The lowest BCUT2D eigenvalue weighted by molar-refractivity contribution is 0.0203. The van der Waals surface area contributed by atoms with Crippen LogP contribution < -0.4 is 9.64 Å². The Hall–Kier alpha value is -2.21. The lowest BCUT2D eigenvalue weighted by Gasteiger charge is -2.32. The van der Waals surface area contributed by atoms with E-state index >= 15 is 0 Å². The van der Waals surface area contributed by atoms with E-state index in [-0.39, 0.29) is 6.79 Å². The van der Waals surface area contributed by atoms with Gasteiger partial charge in [0.1, 0.15) is 18.7 Å². The Labute approximate surface area is 230 Å². The molecule has 0 bridgehead atoms. The minimum absolute atomic E-state index is 0.187. The molecule has 3 heterocycles. The number of hydrogen-bond donors (Lipinski definition) is 0. The number of aromatic nitrogens is 3. The van der Waals surface area contributed by atoms with E-state index in [1.54, 1.807) is 6.33 Å². The molecule has 0 aliphatic carbocycles. The number of nitrogens with zero attached hydrogens (tertiary/aromatic N) is 4. The Morgan fingerprint density at radius 2 is 1.66 bits per heavy atom. The summed E-state index contributed by atoms with van der Waals surface area (Å²) in [5.74, 6) is 1.18. The molecular formula is C29H46N4O3Si2. The quantitative estimate of drug-likeness (QED) is 0.0982. The molecule has 0 amide bonds.